The lowest BCUT2D eigenvalue weighted by Gasteiger charge is -2.32. The van der Waals surface area contributed by atoms with Crippen LogP contribution in [0.25, 0.3) is 0 Å². The van der Waals surface area contributed by atoms with Crippen molar-refractivity contribution in [2.45, 2.75) is 19.4 Å². The summed E-state index contributed by atoms with van der Waals surface area (Å²) in [6.07, 6.45) is 1.10. The average Bonchev–Trinajstić information content (AvgIpc) is 2.35. The molecule has 0 bridgehead atoms. The first kappa shape index (κ1) is 17.7. The minimum absolute atomic E-state index is 0.158. The molecular weight excluding hydrogens is 293 g/mol. The average molecular weight is 318 g/mol. The predicted octanol–water partition coefficient (Wildman–Crippen LogP) is 3.27. The van der Waals surface area contributed by atoms with Gasteiger partial charge in [0.1, 0.15) is 0 Å². The maximum Gasteiger partial charge on any atom is 0.0472 e. The zero-order valence-electron chi connectivity index (χ0n) is 12.6. The van der Waals surface area contributed by atoms with E-state index >= 15 is 0 Å². The summed E-state index contributed by atoms with van der Waals surface area (Å²) in [5.41, 5.74) is 7.10. The fourth-order valence-electron chi connectivity index (χ4n) is 2.30. The van der Waals surface area contributed by atoms with E-state index in [1.807, 2.05) is 12.1 Å². The number of nitrogens with zero attached hydrogens (tertiary/aromatic N) is 2. The molecule has 1 rings (SSSR count). The van der Waals surface area contributed by atoms with Crippen molar-refractivity contribution >= 4 is 23.2 Å². The first-order valence-corrected chi connectivity index (χ1v) is 7.78. The zero-order chi connectivity index (χ0) is 15.1. The summed E-state index contributed by atoms with van der Waals surface area (Å²) in [6.45, 7) is 5.74. The molecule has 0 saturated heterocycles. The van der Waals surface area contributed by atoms with Crippen LogP contribution in [0.5, 0.6) is 0 Å². The molecule has 0 saturated carbocycles. The lowest BCUT2D eigenvalue weighted by Crippen LogP contribution is -2.38. The van der Waals surface area contributed by atoms with Crippen LogP contribution in [0, 0.1) is 0 Å². The number of benzene rings is 1. The number of hydrogen-bond acceptors (Lipinski definition) is 3. The fourth-order valence-corrected chi connectivity index (χ4v) is 2.85. The van der Waals surface area contributed by atoms with Gasteiger partial charge in [-0.2, -0.15) is 0 Å². The largest absolute Gasteiger partial charge is 0.329 e. The van der Waals surface area contributed by atoms with Gasteiger partial charge in [0.05, 0.1) is 0 Å². The number of hydrogen-bond donors (Lipinski definition) is 1. The van der Waals surface area contributed by atoms with Crippen molar-refractivity contribution in [3.8, 4) is 0 Å². The minimum Gasteiger partial charge on any atom is -0.329 e. The van der Waals surface area contributed by atoms with Gasteiger partial charge in [-0.05, 0) is 50.8 Å². The summed E-state index contributed by atoms with van der Waals surface area (Å²) in [4.78, 5) is 4.59. The molecule has 0 fully saturated rings. The molecule has 0 amide bonds. The molecule has 20 heavy (non-hydrogen) atoms. The molecule has 0 spiro atoms. The van der Waals surface area contributed by atoms with Gasteiger partial charge in [0.15, 0.2) is 0 Å². The fraction of sp³-hybridized carbons (Fsp3) is 0.600. The number of nitrogens with two attached hydrogens (primary N) is 1. The Labute approximate surface area is 132 Å². The lowest BCUT2D eigenvalue weighted by molar-refractivity contribution is 0.182. The third-order valence-corrected chi connectivity index (χ3v) is 3.72. The van der Waals surface area contributed by atoms with E-state index in [1.165, 1.54) is 0 Å². The van der Waals surface area contributed by atoms with Gasteiger partial charge in [-0.25, -0.2) is 0 Å². The van der Waals surface area contributed by atoms with Crippen molar-refractivity contribution in [1.29, 1.82) is 0 Å². The SMILES string of the molecule is CCCN(CCN(C)C)C(CN)c1cc(Cl)cc(Cl)c1. The Morgan fingerprint density at radius 1 is 1.05 bits per heavy atom. The molecule has 1 aromatic carbocycles. The summed E-state index contributed by atoms with van der Waals surface area (Å²) in [5.74, 6) is 0. The lowest BCUT2D eigenvalue weighted by atomic mass is 10.0. The highest BCUT2D eigenvalue weighted by Gasteiger charge is 2.19. The van der Waals surface area contributed by atoms with Crippen LogP contribution in [0.2, 0.25) is 10.0 Å². The Morgan fingerprint density at radius 2 is 1.65 bits per heavy atom. The van der Waals surface area contributed by atoms with Gasteiger partial charge in [0.25, 0.3) is 0 Å². The topological polar surface area (TPSA) is 32.5 Å². The van der Waals surface area contributed by atoms with Crippen LogP contribution >= 0.6 is 23.2 Å². The van der Waals surface area contributed by atoms with E-state index in [0.29, 0.717) is 16.6 Å². The van der Waals surface area contributed by atoms with Crippen molar-refractivity contribution in [2.24, 2.45) is 5.73 Å². The molecule has 114 valence electrons. The molecule has 0 aliphatic heterocycles. The Bertz CT molecular complexity index is 390. The second-order valence-electron chi connectivity index (χ2n) is 5.29. The second-order valence-corrected chi connectivity index (χ2v) is 6.17. The molecule has 0 aliphatic carbocycles. The molecule has 0 radical (unpaired) electrons. The molecule has 1 aromatic rings. The maximum absolute atomic E-state index is 6.11. The summed E-state index contributed by atoms with van der Waals surface area (Å²) in [7, 11) is 4.16. The molecular formula is C15H25Cl2N3. The van der Waals surface area contributed by atoms with Crippen LogP contribution in [0.4, 0.5) is 0 Å². The number of rotatable bonds is 8. The van der Waals surface area contributed by atoms with Crippen LogP contribution in [0.1, 0.15) is 24.9 Å². The molecule has 0 aliphatic rings. The van der Waals surface area contributed by atoms with Gasteiger partial charge in [-0.15, -0.1) is 0 Å². The van der Waals surface area contributed by atoms with Crippen molar-refractivity contribution in [3.05, 3.63) is 33.8 Å². The first-order valence-electron chi connectivity index (χ1n) is 7.02. The van der Waals surface area contributed by atoms with Crippen LogP contribution in [0.3, 0.4) is 0 Å². The molecule has 0 heterocycles. The Kier molecular flexibility index (Phi) is 7.85. The second kappa shape index (κ2) is 8.85. The van der Waals surface area contributed by atoms with Gasteiger partial charge < -0.3 is 10.6 Å². The van der Waals surface area contributed by atoms with E-state index in [2.05, 4.69) is 30.8 Å². The molecule has 2 N–H and O–H groups in total. The smallest absolute Gasteiger partial charge is 0.0472 e. The van der Waals surface area contributed by atoms with Crippen LogP contribution in [-0.2, 0) is 0 Å². The molecule has 5 heteroatoms. The third kappa shape index (κ3) is 5.58. The highest BCUT2D eigenvalue weighted by molar-refractivity contribution is 6.34. The van der Waals surface area contributed by atoms with E-state index in [9.17, 15) is 0 Å². The Morgan fingerprint density at radius 3 is 2.10 bits per heavy atom. The quantitative estimate of drug-likeness (QED) is 0.798. The van der Waals surface area contributed by atoms with Gasteiger partial charge >= 0.3 is 0 Å². The first-order chi connectivity index (χ1) is 9.47. The molecule has 3 nitrogen and oxygen atoms in total. The number of halogens is 2. The van der Waals surface area contributed by atoms with Gasteiger partial charge in [-0.1, -0.05) is 30.1 Å². The normalized spacial score (nSPS) is 13.2. The summed E-state index contributed by atoms with van der Waals surface area (Å²) in [6, 6.07) is 5.84. The van der Waals surface area contributed by atoms with Crippen LogP contribution in [-0.4, -0.2) is 50.1 Å². The highest BCUT2D eigenvalue weighted by atomic mass is 35.5. The minimum atomic E-state index is 0.158. The Hall–Kier alpha value is -0.320. The predicted molar refractivity (Wildman–Crippen MR) is 88.7 cm³/mol. The van der Waals surface area contributed by atoms with Crippen molar-refractivity contribution < 1.29 is 0 Å². The monoisotopic (exact) mass is 317 g/mol. The molecule has 1 atom stereocenters. The van der Waals surface area contributed by atoms with E-state index in [4.69, 9.17) is 28.9 Å². The van der Waals surface area contributed by atoms with Gasteiger partial charge in [0.2, 0.25) is 0 Å². The van der Waals surface area contributed by atoms with E-state index in [1.54, 1.807) is 6.07 Å². The van der Waals surface area contributed by atoms with Crippen molar-refractivity contribution in [2.75, 3.05) is 40.3 Å². The standard InChI is InChI=1S/C15H25Cl2N3/c1-4-5-20(7-6-19(2)3)15(11-18)12-8-13(16)10-14(17)9-12/h8-10,15H,4-7,11,18H2,1-3H3. The molecule has 1 unspecified atom stereocenters. The maximum atomic E-state index is 6.11. The Balaban J connectivity index is 2.93. The van der Waals surface area contributed by atoms with E-state index in [-0.39, 0.29) is 6.04 Å². The van der Waals surface area contributed by atoms with Crippen molar-refractivity contribution in [1.82, 2.24) is 9.80 Å². The van der Waals surface area contributed by atoms with Gasteiger partial charge in [-0.3, -0.25) is 4.90 Å². The molecule has 0 aromatic heterocycles. The van der Waals surface area contributed by atoms with Crippen molar-refractivity contribution in [3.63, 3.8) is 0 Å². The summed E-state index contributed by atoms with van der Waals surface area (Å²) in [5, 5.41) is 1.32. The van der Waals surface area contributed by atoms with Crippen LogP contribution < -0.4 is 5.73 Å². The third-order valence-electron chi connectivity index (χ3n) is 3.28. The van der Waals surface area contributed by atoms with Crippen LogP contribution in [0.15, 0.2) is 18.2 Å². The zero-order valence-corrected chi connectivity index (χ0v) is 14.1. The summed E-state index contributed by atoms with van der Waals surface area (Å²) < 4.78 is 0. The highest BCUT2D eigenvalue weighted by Crippen LogP contribution is 2.26. The van der Waals surface area contributed by atoms with Gasteiger partial charge in [0, 0.05) is 35.7 Å². The summed E-state index contributed by atoms with van der Waals surface area (Å²) >= 11 is 12.2. The van der Waals surface area contributed by atoms with E-state index < -0.39 is 0 Å². The van der Waals surface area contributed by atoms with E-state index in [0.717, 1.165) is 31.6 Å². The number of likely N-dealkylation sites (N-methyl/N-ethyl adjacent to an activating group) is 1.